The maximum absolute atomic E-state index is 6.03. The zero-order chi connectivity index (χ0) is 13.7. The van der Waals surface area contributed by atoms with E-state index in [9.17, 15) is 0 Å². The molecule has 100 valence electrons. The highest BCUT2D eigenvalue weighted by Gasteiger charge is 2.29. The first-order valence-corrected chi connectivity index (χ1v) is 7.24. The molecule has 0 atom stereocenters. The summed E-state index contributed by atoms with van der Waals surface area (Å²) in [4.78, 5) is 8.82. The van der Waals surface area contributed by atoms with Crippen molar-refractivity contribution in [2.75, 3.05) is 0 Å². The second kappa shape index (κ2) is 4.40. The normalized spacial score (nSPS) is 14.8. The van der Waals surface area contributed by atoms with Gasteiger partial charge in [-0.05, 0) is 49.3 Å². The lowest BCUT2D eigenvalue weighted by Crippen LogP contribution is -2.03. The molecule has 0 saturated heterocycles. The number of aromatic amines is 1. The molecule has 0 unspecified atom stereocenters. The first-order valence-electron chi connectivity index (χ1n) is 6.46. The Hall–Kier alpha value is -1.72. The van der Waals surface area contributed by atoms with Crippen molar-refractivity contribution in [3.05, 3.63) is 46.1 Å². The molecule has 1 aliphatic rings. The van der Waals surface area contributed by atoms with E-state index in [0.29, 0.717) is 15.7 Å². The molecule has 1 aliphatic carbocycles. The van der Waals surface area contributed by atoms with Crippen molar-refractivity contribution in [3.8, 4) is 5.69 Å². The lowest BCUT2D eigenvalue weighted by molar-refractivity contribution is 0.797. The highest BCUT2D eigenvalue weighted by molar-refractivity contribution is 7.71. The number of nitrogens with zero attached hydrogens (tertiary/aromatic N) is 3. The number of H-pyrrole nitrogens is 1. The molecule has 0 radical (unpaired) electrons. The van der Waals surface area contributed by atoms with Crippen molar-refractivity contribution in [2.24, 2.45) is 0 Å². The second-order valence-electron chi connectivity index (χ2n) is 4.99. The fourth-order valence-electron chi connectivity index (χ4n) is 2.43. The molecule has 0 spiro atoms. The Kier molecular flexibility index (Phi) is 2.65. The van der Waals surface area contributed by atoms with Crippen LogP contribution in [0.15, 0.2) is 30.5 Å². The summed E-state index contributed by atoms with van der Waals surface area (Å²) >= 11 is 11.2. The maximum Gasteiger partial charge on any atom is 0.213 e. The van der Waals surface area contributed by atoms with Crippen molar-refractivity contribution in [1.82, 2.24) is 19.7 Å². The molecule has 0 aliphatic heterocycles. The minimum absolute atomic E-state index is 0.512. The highest BCUT2D eigenvalue weighted by atomic mass is 35.5. The summed E-state index contributed by atoms with van der Waals surface area (Å²) in [5, 5.41) is 4.86. The Bertz CT molecular complexity index is 863. The Morgan fingerprint density at radius 3 is 2.95 bits per heavy atom. The van der Waals surface area contributed by atoms with E-state index >= 15 is 0 Å². The lowest BCUT2D eigenvalue weighted by atomic mass is 10.2. The first-order chi connectivity index (χ1) is 9.72. The zero-order valence-corrected chi connectivity index (χ0v) is 12.1. The SMILES string of the molecule is S=c1nc(C2CC2)n(-c2ccnc3cc(Cl)ccc23)[nH]1. The lowest BCUT2D eigenvalue weighted by Gasteiger charge is -2.09. The molecule has 1 aromatic carbocycles. The van der Waals surface area contributed by atoms with E-state index in [1.54, 1.807) is 6.20 Å². The van der Waals surface area contributed by atoms with Crippen LogP contribution in [0.2, 0.25) is 5.02 Å². The third-order valence-electron chi connectivity index (χ3n) is 3.52. The third-order valence-corrected chi connectivity index (χ3v) is 3.94. The fraction of sp³-hybridized carbons (Fsp3) is 0.214. The molecular formula is C14H11ClN4S. The van der Waals surface area contributed by atoms with E-state index < -0.39 is 0 Å². The summed E-state index contributed by atoms with van der Waals surface area (Å²) in [5.41, 5.74) is 1.88. The van der Waals surface area contributed by atoms with Crippen LogP contribution in [-0.2, 0) is 0 Å². The highest BCUT2D eigenvalue weighted by Crippen LogP contribution is 2.40. The number of nitrogens with one attached hydrogen (secondary N) is 1. The number of fused-ring (bicyclic) bond motifs is 1. The van der Waals surface area contributed by atoms with Gasteiger partial charge in [0.15, 0.2) is 0 Å². The van der Waals surface area contributed by atoms with Gasteiger partial charge in [0, 0.05) is 22.5 Å². The summed E-state index contributed by atoms with van der Waals surface area (Å²) in [6.07, 6.45) is 4.13. The molecule has 1 saturated carbocycles. The van der Waals surface area contributed by atoms with Gasteiger partial charge >= 0.3 is 0 Å². The molecule has 1 fully saturated rings. The maximum atomic E-state index is 6.03. The Morgan fingerprint density at radius 1 is 1.30 bits per heavy atom. The van der Waals surface area contributed by atoms with Crippen molar-refractivity contribution < 1.29 is 0 Å². The van der Waals surface area contributed by atoms with Crippen LogP contribution in [0, 0.1) is 4.77 Å². The largest absolute Gasteiger partial charge is 0.266 e. The van der Waals surface area contributed by atoms with Crippen molar-refractivity contribution in [1.29, 1.82) is 0 Å². The Balaban J connectivity index is 2.00. The number of halogens is 1. The van der Waals surface area contributed by atoms with Gasteiger partial charge < -0.3 is 0 Å². The second-order valence-corrected chi connectivity index (χ2v) is 5.81. The van der Waals surface area contributed by atoms with Crippen LogP contribution in [0.5, 0.6) is 0 Å². The van der Waals surface area contributed by atoms with Gasteiger partial charge in [-0.3, -0.25) is 10.1 Å². The van der Waals surface area contributed by atoms with Crippen molar-refractivity contribution >= 4 is 34.7 Å². The topological polar surface area (TPSA) is 46.5 Å². The van der Waals surface area contributed by atoms with E-state index in [2.05, 4.69) is 15.1 Å². The monoisotopic (exact) mass is 302 g/mol. The molecule has 1 N–H and O–H groups in total. The van der Waals surface area contributed by atoms with Crippen LogP contribution in [0.25, 0.3) is 16.6 Å². The van der Waals surface area contributed by atoms with E-state index in [-0.39, 0.29) is 0 Å². The number of benzene rings is 1. The Labute approximate surface area is 125 Å². The van der Waals surface area contributed by atoms with E-state index in [1.165, 1.54) is 12.8 Å². The van der Waals surface area contributed by atoms with Crippen LogP contribution >= 0.6 is 23.8 Å². The molecular weight excluding hydrogens is 292 g/mol. The summed E-state index contributed by atoms with van der Waals surface area (Å²) in [6.45, 7) is 0. The van der Waals surface area contributed by atoms with Gasteiger partial charge in [0.25, 0.3) is 0 Å². The van der Waals surface area contributed by atoms with Gasteiger partial charge in [-0.15, -0.1) is 0 Å². The van der Waals surface area contributed by atoms with Gasteiger partial charge in [0.2, 0.25) is 4.77 Å². The van der Waals surface area contributed by atoms with Gasteiger partial charge in [-0.1, -0.05) is 11.6 Å². The van der Waals surface area contributed by atoms with Crippen LogP contribution < -0.4 is 0 Å². The third kappa shape index (κ3) is 1.94. The average Bonchev–Trinajstić information content (AvgIpc) is 3.21. The van der Waals surface area contributed by atoms with Crippen molar-refractivity contribution in [2.45, 2.75) is 18.8 Å². The van der Waals surface area contributed by atoms with Crippen molar-refractivity contribution in [3.63, 3.8) is 0 Å². The van der Waals surface area contributed by atoms with Crippen LogP contribution in [0.3, 0.4) is 0 Å². The average molecular weight is 303 g/mol. The van der Waals surface area contributed by atoms with E-state index in [0.717, 1.165) is 22.4 Å². The molecule has 4 rings (SSSR count). The summed E-state index contributed by atoms with van der Waals surface area (Å²) in [7, 11) is 0. The summed E-state index contributed by atoms with van der Waals surface area (Å²) in [5.74, 6) is 1.52. The molecule has 20 heavy (non-hydrogen) atoms. The molecule has 2 heterocycles. The van der Waals surface area contributed by atoms with Gasteiger partial charge in [-0.25, -0.2) is 9.67 Å². The Morgan fingerprint density at radius 2 is 2.15 bits per heavy atom. The van der Waals surface area contributed by atoms with Gasteiger partial charge in [0.05, 0.1) is 11.2 Å². The minimum Gasteiger partial charge on any atom is -0.266 e. The summed E-state index contributed by atoms with van der Waals surface area (Å²) in [6, 6.07) is 7.68. The van der Waals surface area contributed by atoms with Crippen LogP contribution in [-0.4, -0.2) is 19.7 Å². The fourth-order valence-corrected chi connectivity index (χ4v) is 2.78. The molecule has 2 aromatic heterocycles. The quantitative estimate of drug-likeness (QED) is 0.728. The predicted octanol–water partition coefficient (Wildman–Crippen LogP) is 4.01. The number of hydrogen-bond donors (Lipinski definition) is 1. The smallest absolute Gasteiger partial charge is 0.213 e. The van der Waals surface area contributed by atoms with Crippen LogP contribution in [0.4, 0.5) is 0 Å². The molecule has 0 amide bonds. The van der Waals surface area contributed by atoms with Crippen LogP contribution in [0.1, 0.15) is 24.6 Å². The predicted molar refractivity (Wildman–Crippen MR) is 81.0 cm³/mol. The number of hydrogen-bond acceptors (Lipinski definition) is 3. The molecule has 0 bridgehead atoms. The summed E-state index contributed by atoms with van der Waals surface area (Å²) < 4.78 is 2.50. The van der Waals surface area contributed by atoms with Gasteiger partial charge in [-0.2, -0.15) is 0 Å². The number of rotatable bonds is 2. The van der Waals surface area contributed by atoms with Gasteiger partial charge in [0.1, 0.15) is 5.82 Å². The minimum atomic E-state index is 0.512. The van der Waals surface area contributed by atoms with E-state index in [4.69, 9.17) is 23.8 Å². The number of pyridine rings is 1. The number of aromatic nitrogens is 4. The zero-order valence-electron chi connectivity index (χ0n) is 10.5. The molecule has 3 aromatic rings. The standard InChI is InChI=1S/C14H11ClN4S/c15-9-3-4-10-11(7-9)16-6-5-12(10)19-13(8-1-2-8)17-14(20)18-19/h3-8H,1-2H2,(H,18,20). The molecule has 4 nitrogen and oxygen atoms in total. The van der Waals surface area contributed by atoms with E-state index in [1.807, 2.05) is 28.9 Å². The first kappa shape index (κ1) is 12.1. The molecule has 6 heteroatoms.